The Morgan fingerprint density at radius 1 is 1.33 bits per heavy atom. The average Bonchev–Trinajstić information content (AvgIpc) is 2.65. The lowest BCUT2D eigenvalue weighted by Crippen LogP contribution is -2.31. The van der Waals surface area contributed by atoms with Gasteiger partial charge in [0.25, 0.3) is 0 Å². The fourth-order valence-electron chi connectivity index (χ4n) is 3.19. The lowest BCUT2D eigenvalue weighted by molar-refractivity contribution is -0.142. The molecule has 1 fully saturated rings. The van der Waals surface area contributed by atoms with E-state index in [2.05, 4.69) is 15.3 Å². The third-order valence-electron chi connectivity index (χ3n) is 4.62. The monoisotopic (exact) mass is 375 g/mol. The van der Waals surface area contributed by atoms with Crippen LogP contribution in [-0.2, 0) is 4.79 Å². The number of nitrogens with one attached hydrogen (secondary N) is 2. The number of carbonyl (C=O) groups is 1. The highest BCUT2D eigenvalue weighted by Gasteiger charge is 2.28. The van der Waals surface area contributed by atoms with Crippen molar-refractivity contribution in [3.63, 3.8) is 0 Å². The first kappa shape index (κ1) is 18.7. The number of nitrogen functional groups attached to an aromatic ring is 1. The number of hydrogen-bond donors (Lipinski definition) is 4. The van der Waals surface area contributed by atoms with Crippen LogP contribution in [0, 0.1) is 23.0 Å². The van der Waals surface area contributed by atoms with Crippen LogP contribution < -0.4 is 11.1 Å². The topological polar surface area (TPSA) is 125 Å². The van der Waals surface area contributed by atoms with E-state index in [0.29, 0.717) is 25.7 Å². The van der Waals surface area contributed by atoms with Gasteiger partial charge in [-0.15, -0.1) is 0 Å². The zero-order chi connectivity index (χ0) is 19.6. The van der Waals surface area contributed by atoms with E-state index in [9.17, 15) is 13.6 Å². The van der Waals surface area contributed by atoms with E-state index in [1.165, 1.54) is 12.1 Å². The van der Waals surface area contributed by atoms with Crippen LogP contribution in [0.1, 0.15) is 37.1 Å². The first-order chi connectivity index (χ1) is 12.8. The third kappa shape index (κ3) is 4.18. The number of anilines is 2. The lowest BCUT2D eigenvalue weighted by Gasteiger charge is -2.27. The fourth-order valence-corrected chi connectivity index (χ4v) is 3.19. The van der Waals surface area contributed by atoms with Gasteiger partial charge in [-0.2, -0.15) is 0 Å². The molecule has 7 nitrogen and oxygen atoms in total. The van der Waals surface area contributed by atoms with Crippen molar-refractivity contribution in [1.82, 2.24) is 9.97 Å². The summed E-state index contributed by atoms with van der Waals surface area (Å²) in [6.07, 6.45) is 3.28. The molecule has 1 aliphatic carbocycles. The van der Waals surface area contributed by atoms with Gasteiger partial charge in [-0.1, -0.05) is 6.42 Å². The number of rotatable bonds is 5. The molecule has 0 amide bonds. The van der Waals surface area contributed by atoms with Gasteiger partial charge in [0, 0.05) is 17.3 Å². The summed E-state index contributed by atoms with van der Waals surface area (Å²) in [6.45, 7) is 0. The van der Waals surface area contributed by atoms with Crippen LogP contribution in [0.3, 0.4) is 0 Å². The van der Waals surface area contributed by atoms with E-state index in [1.807, 2.05) is 0 Å². The molecule has 1 aromatic carbocycles. The normalized spacial score (nSPS) is 19.5. The summed E-state index contributed by atoms with van der Waals surface area (Å²) in [4.78, 5) is 19.0. The van der Waals surface area contributed by atoms with Crippen LogP contribution in [0.4, 0.5) is 20.3 Å². The van der Waals surface area contributed by atoms with Crippen LogP contribution >= 0.6 is 0 Å². The minimum atomic E-state index is -0.867. The highest BCUT2D eigenvalue weighted by atomic mass is 19.1. The van der Waals surface area contributed by atoms with Crippen molar-refractivity contribution < 1.29 is 18.7 Å². The number of benzene rings is 1. The number of aliphatic carboxylic acids is 1. The number of nitrogens with zero attached hydrogens (tertiary/aromatic N) is 2. The minimum absolute atomic E-state index is 0.108. The number of nitrogens with two attached hydrogens (primary N) is 1. The lowest BCUT2D eigenvalue weighted by atomic mass is 9.86. The molecule has 1 aromatic heterocycles. The fraction of sp³-hybridized carbons (Fsp3) is 0.333. The molecule has 2 unspecified atom stereocenters. The molecule has 9 heteroatoms. The van der Waals surface area contributed by atoms with Crippen LogP contribution in [0.15, 0.2) is 24.4 Å². The van der Waals surface area contributed by atoms with Crippen LogP contribution in [0.25, 0.3) is 0 Å². The molecule has 2 atom stereocenters. The van der Waals surface area contributed by atoms with Gasteiger partial charge >= 0.3 is 5.97 Å². The van der Waals surface area contributed by atoms with Crippen molar-refractivity contribution in [1.29, 1.82) is 5.41 Å². The van der Waals surface area contributed by atoms with Crippen LogP contribution in [-0.4, -0.2) is 32.8 Å². The largest absolute Gasteiger partial charge is 0.481 e. The van der Waals surface area contributed by atoms with Gasteiger partial charge in [0.05, 0.1) is 12.1 Å². The maximum Gasteiger partial charge on any atom is 0.306 e. The molecule has 1 aliphatic rings. The van der Waals surface area contributed by atoms with Crippen molar-refractivity contribution in [3.05, 3.63) is 47.4 Å². The summed E-state index contributed by atoms with van der Waals surface area (Å²) >= 11 is 0. The quantitative estimate of drug-likeness (QED) is 0.470. The minimum Gasteiger partial charge on any atom is -0.481 e. The zero-order valence-electron chi connectivity index (χ0n) is 14.4. The van der Waals surface area contributed by atoms with Crippen molar-refractivity contribution in [2.24, 2.45) is 5.92 Å². The molecule has 1 heterocycles. The molecular weight excluding hydrogens is 356 g/mol. The molecule has 1 saturated carbocycles. The molecule has 5 N–H and O–H groups in total. The first-order valence-electron chi connectivity index (χ1n) is 8.51. The number of halogens is 2. The molecule has 0 spiro atoms. The Bertz CT molecular complexity index is 890. The molecule has 3 rings (SSSR count). The van der Waals surface area contributed by atoms with Gasteiger partial charge in [-0.05, 0) is 37.5 Å². The summed E-state index contributed by atoms with van der Waals surface area (Å²) in [5.41, 5.74) is 5.83. The van der Waals surface area contributed by atoms with Gasteiger partial charge < -0.3 is 16.2 Å². The van der Waals surface area contributed by atoms with Gasteiger partial charge in [0.15, 0.2) is 17.5 Å². The van der Waals surface area contributed by atoms with Crippen molar-refractivity contribution in [2.75, 3.05) is 11.1 Å². The van der Waals surface area contributed by atoms with E-state index in [0.717, 1.165) is 12.3 Å². The molecule has 0 aliphatic heterocycles. The van der Waals surface area contributed by atoms with Crippen molar-refractivity contribution >= 4 is 23.2 Å². The number of carboxylic acid groups (broad SMARTS) is 1. The molecular formula is C18H19F2N5O2. The summed E-state index contributed by atoms with van der Waals surface area (Å²) in [7, 11) is 0. The van der Waals surface area contributed by atoms with Crippen molar-refractivity contribution in [3.8, 4) is 0 Å². The summed E-state index contributed by atoms with van der Waals surface area (Å²) in [5.74, 6) is -2.85. The predicted molar refractivity (Wildman–Crippen MR) is 95.7 cm³/mol. The summed E-state index contributed by atoms with van der Waals surface area (Å²) in [5, 5.41) is 20.3. The van der Waals surface area contributed by atoms with Gasteiger partial charge in [-0.25, -0.2) is 18.7 Å². The highest BCUT2D eigenvalue weighted by molar-refractivity contribution is 6.11. The van der Waals surface area contributed by atoms with Gasteiger partial charge in [-0.3, -0.25) is 10.2 Å². The average molecular weight is 375 g/mol. The third-order valence-corrected chi connectivity index (χ3v) is 4.62. The van der Waals surface area contributed by atoms with E-state index in [4.69, 9.17) is 16.2 Å². The summed E-state index contributed by atoms with van der Waals surface area (Å²) < 4.78 is 27.6. The zero-order valence-corrected chi connectivity index (χ0v) is 14.4. The Morgan fingerprint density at radius 3 is 2.85 bits per heavy atom. The second-order valence-corrected chi connectivity index (χ2v) is 6.54. The van der Waals surface area contributed by atoms with E-state index in [-0.39, 0.29) is 34.6 Å². The Labute approximate surface area is 154 Å². The van der Waals surface area contributed by atoms with Gasteiger partial charge in [0.1, 0.15) is 11.5 Å². The Balaban J connectivity index is 1.83. The smallest absolute Gasteiger partial charge is 0.306 e. The summed E-state index contributed by atoms with van der Waals surface area (Å²) in [6, 6.07) is 3.35. The number of carboxylic acids is 1. The van der Waals surface area contributed by atoms with E-state index >= 15 is 0 Å². The molecule has 2 aromatic rings. The second kappa shape index (κ2) is 7.65. The van der Waals surface area contributed by atoms with Crippen molar-refractivity contribution in [2.45, 2.75) is 31.7 Å². The van der Waals surface area contributed by atoms with E-state index in [1.54, 1.807) is 0 Å². The highest BCUT2D eigenvalue weighted by Crippen LogP contribution is 2.27. The second-order valence-electron chi connectivity index (χ2n) is 6.54. The Kier molecular flexibility index (Phi) is 5.29. The Hall–Kier alpha value is -3.10. The molecule has 27 heavy (non-hydrogen) atoms. The Morgan fingerprint density at radius 2 is 2.11 bits per heavy atom. The molecule has 0 bridgehead atoms. The maximum absolute atomic E-state index is 14.1. The van der Waals surface area contributed by atoms with Gasteiger partial charge in [0.2, 0.25) is 0 Å². The standard InChI is InChI=1S/C18H19F2N5O2/c19-10-4-5-14(21)12(7-10)15(22)17-23-8-13(20)16(25-17)24-11-3-1-2-9(6-11)18(26)27/h4-5,7-9,11,22H,1-3,6,21H2,(H,26,27)(H,23,24,25). The molecule has 142 valence electrons. The van der Waals surface area contributed by atoms with Crippen LogP contribution in [0.2, 0.25) is 0 Å². The number of hydrogen-bond acceptors (Lipinski definition) is 6. The maximum atomic E-state index is 14.1. The van der Waals surface area contributed by atoms with E-state index < -0.39 is 23.5 Å². The first-order valence-corrected chi connectivity index (χ1v) is 8.51. The van der Waals surface area contributed by atoms with Crippen LogP contribution in [0.5, 0.6) is 0 Å². The number of aromatic nitrogens is 2. The predicted octanol–water partition coefficient (Wildman–Crippen LogP) is 2.81. The molecule has 0 saturated heterocycles. The molecule has 0 radical (unpaired) electrons. The SMILES string of the molecule is N=C(c1ncc(F)c(NC2CCCC(C(=O)O)C2)n1)c1cc(F)ccc1N.